The highest BCUT2D eigenvalue weighted by Crippen LogP contribution is 2.21. The molecule has 1 amide bonds. The van der Waals surface area contributed by atoms with Gasteiger partial charge in [-0.25, -0.2) is 4.98 Å². The van der Waals surface area contributed by atoms with Crippen LogP contribution in [-0.2, 0) is 10.5 Å². The monoisotopic (exact) mass is 370 g/mol. The van der Waals surface area contributed by atoms with Crippen molar-refractivity contribution in [2.75, 3.05) is 18.8 Å². The summed E-state index contributed by atoms with van der Waals surface area (Å²) in [5, 5.41) is 0. The lowest BCUT2D eigenvalue weighted by Gasteiger charge is -2.22. The second kappa shape index (κ2) is 8.75. The number of carbonyl (C=O) groups excluding carboxylic acids is 1. The van der Waals surface area contributed by atoms with Crippen molar-refractivity contribution in [3.63, 3.8) is 0 Å². The number of hydrogen-bond donors (Lipinski definition) is 0. The van der Waals surface area contributed by atoms with E-state index in [4.69, 9.17) is 4.42 Å². The van der Waals surface area contributed by atoms with E-state index in [1.54, 1.807) is 0 Å². The number of hydrogen-bond acceptors (Lipinski definition) is 4. The fourth-order valence-corrected chi connectivity index (χ4v) is 2.85. The highest BCUT2D eigenvalue weighted by Gasteiger charge is 2.32. The molecule has 1 heterocycles. The number of aromatic nitrogens is 1. The molecule has 1 aromatic carbocycles. The topological polar surface area (TPSA) is 46.3 Å². The largest absolute Gasteiger partial charge is 0.444 e. The number of rotatable bonds is 8. The van der Waals surface area contributed by atoms with Crippen LogP contribution in [0.2, 0.25) is 0 Å². The standard InChI is InChI=1S/C17H17F3N2O2S/c1-2-8-22(12-17(18,19)20)15(23)11-25-10-14-9-24-16(21-14)13-6-4-3-5-7-13/h2-7,9H,1,8,10-12H2. The van der Waals surface area contributed by atoms with E-state index in [-0.39, 0.29) is 12.3 Å². The van der Waals surface area contributed by atoms with Crippen LogP contribution in [0.4, 0.5) is 13.2 Å². The molecule has 8 heteroatoms. The predicted octanol–water partition coefficient (Wildman–Crippen LogP) is 4.15. The summed E-state index contributed by atoms with van der Waals surface area (Å²) in [5.74, 6) is 0.176. The zero-order chi connectivity index (χ0) is 18.3. The third-order valence-electron chi connectivity index (χ3n) is 3.12. The molecule has 2 aromatic rings. The summed E-state index contributed by atoms with van der Waals surface area (Å²) in [6.45, 7) is 1.97. The first-order valence-electron chi connectivity index (χ1n) is 7.42. The molecule has 0 saturated carbocycles. The van der Waals surface area contributed by atoms with E-state index < -0.39 is 18.6 Å². The van der Waals surface area contributed by atoms with Crippen molar-refractivity contribution in [1.82, 2.24) is 9.88 Å². The molecule has 0 radical (unpaired) electrons. The first-order valence-corrected chi connectivity index (χ1v) is 8.57. The van der Waals surface area contributed by atoms with Crippen LogP contribution in [0.25, 0.3) is 11.5 Å². The van der Waals surface area contributed by atoms with Gasteiger partial charge in [0, 0.05) is 17.9 Å². The Morgan fingerprint density at radius 3 is 2.68 bits per heavy atom. The van der Waals surface area contributed by atoms with Crippen LogP contribution in [0.5, 0.6) is 0 Å². The SMILES string of the molecule is C=CCN(CC(F)(F)F)C(=O)CSCc1coc(-c2ccccc2)n1. The maximum absolute atomic E-state index is 12.5. The van der Waals surface area contributed by atoms with Crippen molar-refractivity contribution in [1.29, 1.82) is 0 Å². The average Bonchev–Trinajstić information content (AvgIpc) is 3.03. The molecule has 0 unspecified atom stereocenters. The summed E-state index contributed by atoms with van der Waals surface area (Å²) < 4.78 is 42.8. The van der Waals surface area contributed by atoms with Crippen molar-refractivity contribution >= 4 is 17.7 Å². The highest BCUT2D eigenvalue weighted by molar-refractivity contribution is 7.99. The maximum atomic E-state index is 12.5. The summed E-state index contributed by atoms with van der Waals surface area (Å²) in [5.41, 5.74) is 1.46. The Balaban J connectivity index is 1.86. The Hall–Kier alpha value is -2.22. The van der Waals surface area contributed by atoms with Gasteiger partial charge in [0.2, 0.25) is 11.8 Å². The van der Waals surface area contributed by atoms with Crippen LogP contribution in [0.15, 0.2) is 53.7 Å². The quantitative estimate of drug-likeness (QED) is 0.655. The van der Waals surface area contributed by atoms with E-state index >= 15 is 0 Å². The van der Waals surface area contributed by atoms with Crippen LogP contribution in [0.3, 0.4) is 0 Å². The third kappa shape index (κ3) is 6.30. The molecular formula is C17H17F3N2O2S. The first kappa shape index (κ1) is 19.1. The lowest BCUT2D eigenvalue weighted by molar-refractivity contribution is -0.158. The molecule has 0 atom stereocenters. The third-order valence-corrected chi connectivity index (χ3v) is 4.07. The smallest absolute Gasteiger partial charge is 0.406 e. The van der Waals surface area contributed by atoms with E-state index in [0.29, 0.717) is 17.3 Å². The molecule has 0 aliphatic heterocycles. The van der Waals surface area contributed by atoms with E-state index in [0.717, 1.165) is 10.5 Å². The van der Waals surface area contributed by atoms with Crippen LogP contribution in [-0.4, -0.2) is 40.8 Å². The number of halogens is 3. The number of benzene rings is 1. The highest BCUT2D eigenvalue weighted by atomic mass is 32.2. The van der Waals surface area contributed by atoms with Crippen LogP contribution < -0.4 is 0 Å². The minimum atomic E-state index is -4.43. The lowest BCUT2D eigenvalue weighted by atomic mass is 10.2. The van der Waals surface area contributed by atoms with E-state index in [1.807, 2.05) is 30.3 Å². The van der Waals surface area contributed by atoms with Gasteiger partial charge in [-0.3, -0.25) is 4.79 Å². The Kier molecular flexibility index (Phi) is 6.69. The van der Waals surface area contributed by atoms with Crippen LogP contribution >= 0.6 is 11.8 Å². The summed E-state index contributed by atoms with van der Waals surface area (Å²) in [7, 11) is 0. The van der Waals surface area contributed by atoms with E-state index in [9.17, 15) is 18.0 Å². The van der Waals surface area contributed by atoms with Gasteiger partial charge < -0.3 is 9.32 Å². The zero-order valence-corrected chi connectivity index (χ0v) is 14.1. The molecule has 25 heavy (non-hydrogen) atoms. The number of alkyl halides is 3. The van der Waals surface area contributed by atoms with Gasteiger partial charge in [0.1, 0.15) is 12.8 Å². The van der Waals surface area contributed by atoms with Crippen molar-refractivity contribution in [2.24, 2.45) is 0 Å². The minimum absolute atomic E-state index is 0.0720. The fraction of sp³-hybridized carbons (Fsp3) is 0.294. The molecule has 0 N–H and O–H groups in total. The van der Waals surface area contributed by atoms with Gasteiger partial charge in [0.25, 0.3) is 0 Å². The number of thioether (sulfide) groups is 1. The average molecular weight is 370 g/mol. The predicted molar refractivity (Wildman–Crippen MR) is 90.9 cm³/mol. The Bertz CT molecular complexity index is 701. The second-order valence-corrected chi connectivity index (χ2v) is 6.17. The van der Waals surface area contributed by atoms with Crippen LogP contribution in [0.1, 0.15) is 5.69 Å². The van der Waals surface area contributed by atoms with Gasteiger partial charge in [-0.15, -0.1) is 18.3 Å². The Labute approximate surface area is 147 Å². The number of amides is 1. The summed E-state index contributed by atoms with van der Waals surface area (Å²) in [4.78, 5) is 17.0. The molecule has 4 nitrogen and oxygen atoms in total. The first-order chi connectivity index (χ1) is 11.9. The molecule has 0 fully saturated rings. The molecule has 2 rings (SSSR count). The summed E-state index contributed by atoms with van der Waals surface area (Å²) >= 11 is 1.19. The molecule has 0 aliphatic rings. The van der Waals surface area contributed by atoms with Gasteiger partial charge in [0.05, 0.1) is 11.4 Å². The van der Waals surface area contributed by atoms with Crippen LogP contribution in [0, 0.1) is 0 Å². The number of nitrogens with zero attached hydrogens (tertiary/aromatic N) is 2. The lowest BCUT2D eigenvalue weighted by Crippen LogP contribution is -2.40. The van der Waals surface area contributed by atoms with Gasteiger partial charge in [0.15, 0.2) is 0 Å². The summed E-state index contributed by atoms with van der Waals surface area (Å²) in [6.07, 6.45) is -1.67. The Morgan fingerprint density at radius 2 is 2.04 bits per heavy atom. The van der Waals surface area contributed by atoms with Gasteiger partial charge in [-0.1, -0.05) is 24.3 Å². The fourth-order valence-electron chi connectivity index (χ4n) is 2.05. The van der Waals surface area contributed by atoms with E-state index in [2.05, 4.69) is 11.6 Å². The van der Waals surface area contributed by atoms with E-state index in [1.165, 1.54) is 24.1 Å². The maximum Gasteiger partial charge on any atom is 0.406 e. The zero-order valence-electron chi connectivity index (χ0n) is 13.3. The van der Waals surface area contributed by atoms with Gasteiger partial charge in [-0.05, 0) is 12.1 Å². The molecule has 0 aliphatic carbocycles. The van der Waals surface area contributed by atoms with Gasteiger partial charge in [-0.2, -0.15) is 13.2 Å². The molecule has 0 spiro atoms. The van der Waals surface area contributed by atoms with Crippen molar-refractivity contribution in [3.05, 3.63) is 54.9 Å². The van der Waals surface area contributed by atoms with Crippen molar-refractivity contribution in [2.45, 2.75) is 11.9 Å². The molecular weight excluding hydrogens is 353 g/mol. The van der Waals surface area contributed by atoms with Gasteiger partial charge >= 0.3 is 6.18 Å². The second-order valence-electron chi connectivity index (χ2n) is 5.18. The molecule has 134 valence electrons. The number of oxazole rings is 1. The summed E-state index contributed by atoms with van der Waals surface area (Å²) in [6, 6.07) is 9.32. The Morgan fingerprint density at radius 1 is 1.32 bits per heavy atom. The number of carbonyl (C=O) groups is 1. The minimum Gasteiger partial charge on any atom is -0.444 e. The van der Waals surface area contributed by atoms with Crippen molar-refractivity contribution < 1.29 is 22.4 Å². The van der Waals surface area contributed by atoms with Crippen molar-refractivity contribution in [3.8, 4) is 11.5 Å². The molecule has 1 aromatic heterocycles. The molecule has 0 saturated heterocycles. The molecule has 0 bridgehead atoms. The normalized spacial score (nSPS) is 11.3.